The Bertz CT molecular complexity index is 715. The number of aliphatic carboxylic acids is 1. The Morgan fingerprint density at radius 1 is 1.22 bits per heavy atom. The molecule has 0 aliphatic rings. The first-order valence-corrected chi connectivity index (χ1v) is 8.25. The van der Waals surface area contributed by atoms with Crippen molar-refractivity contribution in [1.82, 2.24) is 5.32 Å². The fraction of sp³-hybridized carbons (Fsp3) is 0.385. The summed E-state index contributed by atoms with van der Waals surface area (Å²) in [6.07, 6.45) is 0.943. The molecule has 1 atom stereocenters. The van der Waals surface area contributed by atoms with Crippen molar-refractivity contribution >= 4 is 27.6 Å². The lowest BCUT2D eigenvalue weighted by Crippen LogP contribution is -2.38. The van der Waals surface area contributed by atoms with E-state index in [1.165, 1.54) is 33.3 Å². The van der Waals surface area contributed by atoms with Crippen LogP contribution in [0.5, 0.6) is 11.5 Å². The van der Waals surface area contributed by atoms with E-state index in [9.17, 15) is 18.0 Å². The zero-order valence-electron chi connectivity index (χ0n) is 13.0. The lowest BCUT2D eigenvalue weighted by Gasteiger charge is -2.16. The number of carboxylic acid groups (broad SMARTS) is 1. The molecule has 1 aromatic carbocycles. The summed E-state index contributed by atoms with van der Waals surface area (Å²) >= 11 is 0. The number of sulfonamides is 1. The van der Waals surface area contributed by atoms with E-state index in [1.807, 2.05) is 0 Å². The van der Waals surface area contributed by atoms with E-state index in [0.29, 0.717) is 0 Å². The summed E-state index contributed by atoms with van der Waals surface area (Å²) in [5.74, 6) is -1.68. The van der Waals surface area contributed by atoms with E-state index in [2.05, 4.69) is 10.0 Å². The van der Waals surface area contributed by atoms with Crippen molar-refractivity contribution in [2.75, 3.05) is 25.2 Å². The summed E-state index contributed by atoms with van der Waals surface area (Å²) < 4.78 is 35.2. The Balaban J connectivity index is 3.31. The average molecular weight is 346 g/mol. The van der Waals surface area contributed by atoms with E-state index in [-0.39, 0.29) is 22.7 Å². The molecule has 0 heterocycles. The summed E-state index contributed by atoms with van der Waals surface area (Å²) in [6.45, 7) is 1.30. The Morgan fingerprint density at radius 2 is 1.83 bits per heavy atom. The van der Waals surface area contributed by atoms with Crippen molar-refractivity contribution < 1.29 is 32.6 Å². The van der Waals surface area contributed by atoms with Gasteiger partial charge in [0.1, 0.15) is 6.04 Å². The molecule has 0 unspecified atom stereocenters. The molecule has 1 rings (SSSR count). The molecule has 0 spiro atoms. The molecule has 0 fully saturated rings. The van der Waals surface area contributed by atoms with Crippen LogP contribution in [-0.2, 0) is 14.8 Å². The molecule has 0 bridgehead atoms. The summed E-state index contributed by atoms with van der Waals surface area (Å²) in [6, 6.07) is 1.43. The highest BCUT2D eigenvalue weighted by atomic mass is 32.2. The zero-order chi connectivity index (χ0) is 17.8. The van der Waals surface area contributed by atoms with Gasteiger partial charge in [-0.3, -0.25) is 14.3 Å². The molecule has 0 aromatic heterocycles. The highest BCUT2D eigenvalue weighted by molar-refractivity contribution is 7.92. The quantitative estimate of drug-likeness (QED) is 0.646. The smallest absolute Gasteiger partial charge is 0.325 e. The lowest BCUT2D eigenvalue weighted by atomic mass is 10.1. The molecule has 23 heavy (non-hydrogen) atoms. The number of nitrogens with one attached hydrogen (secondary N) is 2. The zero-order valence-corrected chi connectivity index (χ0v) is 13.9. The van der Waals surface area contributed by atoms with Gasteiger partial charge in [0.25, 0.3) is 5.91 Å². The number of anilines is 1. The molecule has 128 valence electrons. The van der Waals surface area contributed by atoms with Gasteiger partial charge in [-0.2, -0.15) is 0 Å². The van der Waals surface area contributed by atoms with Crippen LogP contribution in [0.3, 0.4) is 0 Å². The monoisotopic (exact) mass is 346 g/mol. The van der Waals surface area contributed by atoms with Gasteiger partial charge in [0.05, 0.1) is 26.2 Å². The van der Waals surface area contributed by atoms with Crippen LogP contribution in [0.1, 0.15) is 17.3 Å². The topological polar surface area (TPSA) is 131 Å². The molecular weight excluding hydrogens is 328 g/mol. The molecule has 0 saturated carbocycles. The van der Waals surface area contributed by atoms with Crippen LogP contribution in [0, 0.1) is 0 Å². The van der Waals surface area contributed by atoms with Crippen molar-refractivity contribution in [2.45, 2.75) is 13.0 Å². The number of rotatable bonds is 7. The maximum absolute atomic E-state index is 12.1. The molecule has 1 aromatic rings. The van der Waals surface area contributed by atoms with Crippen LogP contribution in [-0.4, -0.2) is 51.9 Å². The van der Waals surface area contributed by atoms with Crippen molar-refractivity contribution in [3.8, 4) is 11.5 Å². The van der Waals surface area contributed by atoms with E-state index < -0.39 is 27.9 Å². The van der Waals surface area contributed by atoms with E-state index in [0.717, 1.165) is 6.26 Å². The van der Waals surface area contributed by atoms with E-state index >= 15 is 0 Å². The third kappa shape index (κ3) is 5.02. The van der Waals surface area contributed by atoms with Gasteiger partial charge in [0.15, 0.2) is 11.5 Å². The maximum Gasteiger partial charge on any atom is 0.325 e. The molecule has 0 saturated heterocycles. The van der Waals surface area contributed by atoms with Crippen LogP contribution >= 0.6 is 0 Å². The van der Waals surface area contributed by atoms with Crippen LogP contribution in [0.4, 0.5) is 5.69 Å². The Morgan fingerprint density at radius 3 is 2.26 bits per heavy atom. The highest BCUT2D eigenvalue weighted by Gasteiger charge is 2.21. The number of carbonyl (C=O) groups excluding carboxylic acids is 1. The number of amides is 1. The van der Waals surface area contributed by atoms with Gasteiger partial charge in [-0.15, -0.1) is 0 Å². The minimum atomic E-state index is -3.63. The Labute approximate surface area is 133 Å². The second kappa shape index (κ2) is 7.18. The van der Waals surface area contributed by atoms with Gasteiger partial charge < -0.3 is 19.9 Å². The van der Waals surface area contributed by atoms with Crippen molar-refractivity contribution in [2.24, 2.45) is 0 Å². The number of methoxy groups -OCH3 is 2. The number of carboxylic acids is 1. The standard InChI is InChI=1S/C13H18N2O7S/c1-7(13(17)18)14-12(16)8-5-9(15-23(4,19)20)11(22-3)10(6-8)21-2/h5-7,15H,1-4H3,(H,14,16)(H,17,18)/t7-/m1/s1. The molecule has 10 heteroatoms. The number of carbonyl (C=O) groups is 2. The number of hydrogen-bond acceptors (Lipinski definition) is 6. The Hall–Kier alpha value is -2.49. The van der Waals surface area contributed by atoms with Gasteiger partial charge in [0.2, 0.25) is 10.0 Å². The number of hydrogen-bond donors (Lipinski definition) is 3. The molecule has 3 N–H and O–H groups in total. The lowest BCUT2D eigenvalue weighted by molar-refractivity contribution is -0.138. The van der Waals surface area contributed by atoms with E-state index in [4.69, 9.17) is 14.6 Å². The third-order valence-electron chi connectivity index (χ3n) is 2.75. The third-order valence-corrected chi connectivity index (χ3v) is 3.35. The van der Waals surface area contributed by atoms with Crippen LogP contribution < -0.4 is 19.5 Å². The molecule has 0 aliphatic heterocycles. The molecule has 1 amide bonds. The Kier molecular flexibility index (Phi) is 5.79. The van der Waals surface area contributed by atoms with Gasteiger partial charge in [-0.1, -0.05) is 0 Å². The van der Waals surface area contributed by atoms with Crippen LogP contribution in [0.15, 0.2) is 12.1 Å². The average Bonchev–Trinajstić information content (AvgIpc) is 2.44. The minimum Gasteiger partial charge on any atom is -0.493 e. The molecular formula is C13H18N2O7S. The van der Waals surface area contributed by atoms with Gasteiger partial charge in [-0.05, 0) is 19.1 Å². The molecule has 0 radical (unpaired) electrons. The van der Waals surface area contributed by atoms with Crippen LogP contribution in [0.2, 0.25) is 0 Å². The van der Waals surface area contributed by atoms with E-state index in [1.54, 1.807) is 0 Å². The van der Waals surface area contributed by atoms with Crippen molar-refractivity contribution in [1.29, 1.82) is 0 Å². The molecule has 0 aliphatic carbocycles. The SMILES string of the molecule is COc1cc(C(=O)N[C@H](C)C(=O)O)cc(NS(C)(=O)=O)c1OC. The van der Waals surface area contributed by atoms with Gasteiger partial charge in [-0.25, -0.2) is 8.42 Å². The van der Waals surface area contributed by atoms with Crippen molar-refractivity contribution in [3.63, 3.8) is 0 Å². The molecule has 9 nitrogen and oxygen atoms in total. The van der Waals surface area contributed by atoms with Gasteiger partial charge in [0, 0.05) is 5.56 Å². The predicted molar refractivity (Wildman–Crippen MR) is 82.6 cm³/mol. The summed E-state index contributed by atoms with van der Waals surface area (Å²) in [7, 11) is -0.985. The second-order valence-corrected chi connectivity index (χ2v) is 6.42. The first-order valence-electron chi connectivity index (χ1n) is 6.36. The van der Waals surface area contributed by atoms with Gasteiger partial charge >= 0.3 is 5.97 Å². The fourth-order valence-corrected chi connectivity index (χ4v) is 2.26. The summed E-state index contributed by atoms with van der Waals surface area (Å²) in [5.41, 5.74) is 0.0179. The normalized spacial score (nSPS) is 12.2. The van der Waals surface area contributed by atoms with Crippen molar-refractivity contribution in [3.05, 3.63) is 17.7 Å². The predicted octanol–water partition coefficient (Wildman–Crippen LogP) is 0.278. The maximum atomic E-state index is 12.1. The summed E-state index contributed by atoms with van der Waals surface area (Å²) in [4.78, 5) is 22.9. The van der Waals surface area contributed by atoms with Crippen LogP contribution in [0.25, 0.3) is 0 Å². The fourth-order valence-electron chi connectivity index (χ4n) is 1.71. The highest BCUT2D eigenvalue weighted by Crippen LogP contribution is 2.37. The minimum absolute atomic E-state index is 0.00229. The largest absolute Gasteiger partial charge is 0.493 e. The number of benzene rings is 1. The number of ether oxygens (including phenoxy) is 2. The summed E-state index contributed by atoms with van der Waals surface area (Å²) in [5, 5.41) is 11.1. The second-order valence-electron chi connectivity index (χ2n) is 4.67. The first kappa shape index (κ1) is 18.6. The first-order chi connectivity index (χ1) is 10.6.